The highest BCUT2D eigenvalue weighted by molar-refractivity contribution is 5.96. The highest BCUT2D eigenvalue weighted by Gasteiger charge is 2.23. The number of hydrogen-bond donors (Lipinski definition) is 3. The van der Waals surface area contributed by atoms with Crippen LogP contribution in [-0.4, -0.2) is 101 Å². The minimum Gasteiger partial charge on any atom is -0.493 e. The number of aromatic nitrogens is 4. The Kier molecular flexibility index (Phi) is 9.59. The minimum absolute atomic E-state index is 0.0999. The standard InChI is InChI=1S/C29H34F2N8O4/c1-42-25-16-23-24(17-26(25)43-10-2-3-37-4-6-38(7-5-37)8-9-40)33-18-34-29(23)39(22-12-19(30)11-20(31)13-22)28-15-21(35-36-28)14-27(32)41/h11-13,15-18,40H,2-10,14H2,1H3,(H2,32,41)(H,35,36). The van der Waals surface area contributed by atoms with Gasteiger partial charge in [0.15, 0.2) is 17.3 Å². The molecule has 0 aliphatic carbocycles. The number of ether oxygens (including phenoxy) is 2. The lowest BCUT2D eigenvalue weighted by Gasteiger charge is -2.34. The monoisotopic (exact) mass is 596 g/mol. The molecule has 0 atom stereocenters. The van der Waals surface area contributed by atoms with Gasteiger partial charge in [-0.25, -0.2) is 18.7 Å². The number of anilines is 3. The van der Waals surface area contributed by atoms with Crippen molar-refractivity contribution in [1.29, 1.82) is 0 Å². The number of primary amides is 1. The molecule has 0 saturated carbocycles. The molecule has 0 radical (unpaired) electrons. The van der Waals surface area contributed by atoms with Crippen molar-refractivity contribution in [1.82, 2.24) is 30.0 Å². The fourth-order valence-corrected chi connectivity index (χ4v) is 5.12. The molecule has 2 aromatic heterocycles. The quantitative estimate of drug-likeness (QED) is 0.197. The first-order valence-electron chi connectivity index (χ1n) is 13.9. The number of H-pyrrole nitrogens is 1. The molecular formula is C29H34F2N8O4. The molecule has 4 aromatic rings. The number of nitrogens with two attached hydrogens (primary N) is 1. The SMILES string of the molecule is COc1cc2c(N(c3cc(F)cc(F)c3)c3cc(CC(N)=O)[nH]n3)ncnc2cc1OCCCN1CCN(CCO)CC1. The number of amides is 1. The summed E-state index contributed by atoms with van der Waals surface area (Å²) in [6, 6.07) is 8.08. The number of aliphatic hydroxyl groups is 1. The summed E-state index contributed by atoms with van der Waals surface area (Å²) < 4.78 is 40.5. The van der Waals surface area contributed by atoms with Gasteiger partial charge in [-0.05, 0) is 24.6 Å². The van der Waals surface area contributed by atoms with Crippen LogP contribution in [0.5, 0.6) is 11.5 Å². The molecule has 1 fully saturated rings. The molecule has 3 heterocycles. The second kappa shape index (κ2) is 13.7. The van der Waals surface area contributed by atoms with Gasteiger partial charge in [-0.2, -0.15) is 5.10 Å². The van der Waals surface area contributed by atoms with Gasteiger partial charge in [-0.15, -0.1) is 0 Å². The average Bonchev–Trinajstić information content (AvgIpc) is 3.42. The van der Waals surface area contributed by atoms with Crippen molar-refractivity contribution >= 4 is 34.1 Å². The number of aliphatic hydroxyl groups excluding tert-OH is 1. The van der Waals surface area contributed by atoms with Crippen LogP contribution in [0.25, 0.3) is 10.9 Å². The first kappa shape index (κ1) is 30.1. The van der Waals surface area contributed by atoms with Gasteiger partial charge in [0.25, 0.3) is 0 Å². The van der Waals surface area contributed by atoms with Gasteiger partial charge in [0, 0.05) is 68.5 Å². The molecule has 5 rings (SSSR count). The third-order valence-corrected chi connectivity index (χ3v) is 7.19. The molecular weight excluding hydrogens is 562 g/mol. The van der Waals surface area contributed by atoms with Crippen LogP contribution in [0.1, 0.15) is 12.1 Å². The molecule has 12 nitrogen and oxygen atoms in total. The number of fused-ring (bicyclic) bond motifs is 1. The van der Waals surface area contributed by atoms with E-state index in [1.54, 1.807) is 18.2 Å². The molecule has 0 bridgehead atoms. The smallest absolute Gasteiger partial charge is 0.223 e. The van der Waals surface area contributed by atoms with Crippen LogP contribution < -0.4 is 20.1 Å². The van der Waals surface area contributed by atoms with E-state index in [1.165, 1.54) is 18.3 Å². The van der Waals surface area contributed by atoms with E-state index in [9.17, 15) is 13.6 Å². The van der Waals surface area contributed by atoms with Crippen molar-refractivity contribution in [2.45, 2.75) is 12.8 Å². The topological polar surface area (TPSA) is 146 Å². The maximum Gasteiger partial charge on any atom is 0.223 e. The Labute approximate surface area is 247 Å². The summed E-state index contributed by atoms with van der Waals surface area (Å²) in [6.07, 6.45) is 2.04. The summed E-state index contributed by atoms with van der Waals surface area (Å²) in [5.41, 5.74) is 6.38. The van der Waals surface area contributed by atoms with Gasteiger partial charge in [-0.1, -0.05) is 0 Å². The van der Waals surface area contributed by atoms with Crippen LogP contribution in [0.3, 0.4) is 0 Å². The van der Waals surface area contributed by atoms with Crippen molar-refractivity contribution in [2.75, 3.05) is 64.5 Å². The van der Waals surface area contributed by atoms with E-state index in [-0.39, 0.29) is 30.4 Å². The molecule has 1 aliphatic heterocycles. The lowest BCUT2D eigenvalue weighted by Crippen LogP contribution is -2.47. The number of carbonyl (C=O) groups is 1. The van der Waals surface area contributed by atoms with E-state index in [0.717, 1.165) is 57.3 Å². The number of nitrogens with zero attached hydrogens (tertiary/aromatic N) is 6. The van der Waals surface area contributed by atoms with Gasteiger partial charge in [0.05, 0.1) is 37.9 Å². The zero-order chi connectivity index (χ0) is 30.3. The third-order valence-electron chi connectivity index (χ3n) is 7.19. The first-order chi connectivity index (χ1) is 20.8. The van der Waals surface area contributed by atoms with Crippen LogP contribution >= 0.6 is 0 Å². The summed E-state index contributed by atoms with van der Waals surface area (Å²) in [4.78, 5) is 26.4. The van der Waals surface area contributed by atoms with E-state index >= 15 is 0 Å². The fourth-order valence-electron chi connectivity index (χ4n) is 5.12. The van der Waals surface area contributed by atoms with Crippen LogP contribution in [0.15, 0.2) is 42.7 Å². The number of β-amino-alcohol motifs (C(OH)–C–C–N with tert-alkyl or cyclic N) is 1. The van der Waals surface area contributed by atoms with Gasteiger partial charge in [0.1, 0.15) is 23.8 Å². The predicted octanol–water partition coefficient (Wildman–Crippen LogP) is 2.52. The second-order valence-corrected chi connectivity index (χ2v) is 10.2. The largest absolute Gasteiger partial charge is 0.493 e. The van der Waals surface area contributed by atoms with Gasteiger partial charge in [0.2, 0.25) is 5.91 Å². The number of carbonyl (C=O) groups excluding carboxylic acids is 1. The van der Waals surface area contributed by atoms with Gasteiger partial charge in [-0.3, -0.25) is 19.7 Å². The number of benzene rings is 2. The number of piperazine rings is 1. The second-order valence-electron chi connectivity index (χ2n) is 10.2. The number of hydrogen-bond acceptors (Lipinski definition) is 10. The average molecular weight is 597 g/mol. The van der Waals surface area contributed by atoms with E-state index in [1.807, 2.05) is 0 Å². The summed E-state index contributed by atoms with van der Waals surface area (Å²) in [7, 11) is 1.52. The van der Waals surface area contributed by atoms with Crippen molar-refractivity contribution < 1.29 is 28.2 Å². The summed E-state index contributed by atoms with van der Waals surface area (Å²) in [6.45, 7) is 6.00. The number of methoxy groups -OCH3 is 1. The summed E-state index contributed by atoms with van der Waals surface area (Å²) >= 11 is 0. The van der Waals surface area contributed by atoms with E-state index in [2.05, 4.69) is 30.0 Å². The Morgan fingerprint density at radius 2 is 1.74 bits per heavy atom. The maximum absolute atomic E-state index is 14.4. The number of aromatic amines is 1. The van der Waals surface area contributed by atoms with Crippen molar-refractivity contribution in [2.24, 2.45) is 5.73 Å². The normalized spacial score (nSPS) is 14.2. The first-order valence-corrected chi connectivity index (χ1v) is 13.9. The van der Waals surface area contributed by atoms with Gasteiger partial charge < -0.3 is 25.2 Å². The summed E-state index contributed by atoms with van der Waals surface area (Å²) in [5, 5.41) is 16.6. The molecule has 2 aromatic carbocycles. The summed E-state index contributed by atoms with van der Waals surface area (Å²) in [5.74, 6) is -0.695. The third kappa shape index (κ3) is 7.34. The zero-order valence-electron chi connectivity index (χ0n) is 23.8. The molecule has 4 N–H and O–H groups in total. The number of halogens is 2. The molecule has 0 unspecified atom stereocenters. The van der Waals surface area contributed by atoms with Crippen molar-refractivity contribution in [3.05, 3.63) is 60.1 Å². The van der Waals surface area contributed by atoms with E-state index in [0.29, 0.717) is 41.2 Å². The predicted molar refractivity (Wildman–Crippen MR) is 156 cm³/mol. The van der Waals surface area contributed by atoms with Crippen LogP contribution in [-0.2, 0) is 11.2 Å². The van der Waals surface area contributed by atoms with E-state index < -0.39 is 17.5 Å². The van der Waals surface area contributed by atoms with Crippen LogP contribution in [0.4, 0.5) is 26.1 Å². The molecule has 228 valence electrons. The number of nitrogens with one attached hydrogen (secondary N) is 1. The molecule has 1 saturated heterocycles. The minimum atomic E-state index is -0.786. The Morgan fingerprint density at radius 3 is 2.42 bits per heavy atom. The fraction of sp³-hybridized carbons (Fsp3) is 0.379. The van der Waals surface area contributed by atoms with E-state index in [4.69, 9.17) is 20.3 Å². The van der Waals surface area contributed by atoms with Crippen molar-refractivity contribution in [3.63, 3.8) is 0 Å². The maximum atomic E-state index is 14.4. The van der Waals surface area contributed by atoms with Crippen molar-refractivity contribution in [3.8, 4) is 11.5 Å². The lowest BCUT2D eigenvalue weighted by molar-refractivity contribution is -0.117. The lowest BCUT2D eigenvalue weighted by atomic mass is 10.1. The Morgan fingerprint density at radius 1 is 1.02 bits per heavy atom. The van der Waals surface area contributed by atoms with Crippen LogP contribution in [0, 0.1) is 11.6 Å². The Bertz CT molecular complexity index is 1540. The molecule has 0 spiro atoms. The molecule has 1 amide bonds. The Hall–Kier alpha value is -4.40. The Balaban J connectivity index is 1.40. The molecule has 14 heteroatoms. The highest BCUT2D eigenvalue weighted by Crippen LogP contribution is 2.40. The highest BCUT2D eigenvalue weighted by atomic mass is 19.1. The van der Waals surface area contributed by atoms with Gasteiger partial charge >= 0.3 is 0 Å². The zero-order valence-corrected chi connectivity index (χ0v) is 23.8. The molecule has 1 aliphatic rings. The molecule has 43 heavy (non-hydrogen) atoms. The number of rotatable bonds is 13. The van der Waals surface area contributed by atoms with Crippen LogP contribution in [0.2, 0.25) is 0 Å².